The van der Waals surface area contributed by atoms with Crippen molar-refractivity contribution in [3.63, 3.8) is 0 Å². The standard InChI is InChI=1S/C12H15N3O4/c1-14(8-4-3-5-8)11-10(15(17)18)7-6-9(13-11)12(16)19-2/h6-8H,3-5H2,1-2H3. The summed E-state index contributed by atoms with van der Waals surface area (Å²) >= 11 is 0. The summed E-state index contributed by atoms with van der Waals surface area (Å²) in [5, 5.41) is 11.0. The SMILES string of the molecule is COC(=O)c1ccc([N+](=O)[O-])c(N(C)C2CCC2)n1. The molecule has 1 aliphatic rings. The van der Waals surface area contributed by atoms with E-state index >= 15 is 0 Å². The number of anilines is 1. The molecule has 0 unspecified atom stereocenters. The lowest BCUT2D eigenvalue weighted by Crippen LogP contribution is -2.38. The summed E-state index contributed by atoms with van der Waals surface area (Å²) in [4.78, 5) is 27.8. The molecule has 0 bridgehead atoms. The van der Waals surface area contributed by atoms with Crippen molar-refractivity contribution >= 4 is 17.5 Å². The maximum absolute atomic E-state index is 11.4. The average Bonchev–Trinajstić information content (AvgIpc) is 2.34. The normalized spacial score (nSPS) is 14.6. The van der Waals surface area contributed by atoms with Crippen molar-refractivity contribution in [2.75, 3.05) is 19.1 Å². The molecule has 1 fully saturated rings. The molecule has 1 heterocycles. The van der Waals surface area contributed by atoms with Crippen LogP contribution >= 0.6 is 0 Å². The van der Waals surface area contributed by atoms with Crippen molar-refractivity contribution in [3.8, 4) is 0 Å². The summed E-state index contributed by atoms with van der Waals surface area (Å²) in [6, 6.07) is 2.85. The van der Waals surface area contributed by atoms with E-state index in [9.17, 15) is 14.9 Å². The fraction of sp³-hybridized carbons (Fsp3) is 0.500. The highest BCUT2D eigenvalue weighted by molar-refractivity contribution is 5.88. The Morgan fingerprint density at radius 1 is 1.53 bits per heavy atom. The van der Waals surface area contributed by atoms with Crippen LogP contribution in [0.25, 0.3) is 0 Å². The van der Waals surface area contributed by atoms with Crippen molar-refractivity contribution < 1.29 is 14.5 Å². The number of pyridine rings is 1. The van der Waals surface area contributed by atoms with Crippen molar-refractivity contribution in [2.45, 2.75) is 25.3 Å². The van der Waals surface area contributed by atoms with Gasteiger partial charge in [0, 0.05) is 19.2 Å². The molecule has 1 aromatic rings. The van der Waals surface area contributed by atoms with E-state index in [4.69, 9.17) is 0 Å². The van der Waals surface area contributed by atoms with Gasteiger partial charge in [0.15, 0.2) is 5.69 Å². The van der Waals surface area contributed by atoms with Gasteiger partial charge in [0.05, 0.1) is 12.0 Å². The molecule has 0 radical (unpaired) electrons. The number of hydrogen-bond donors (Lipinski definition) is 0. The second-order valence-corrected chi connectivity index (χ2v) is 4.48. The lowest BCUT2D eigenvalue weighted by Gasteiger charge is -2.35. The fourth-order valence-electron chi connectivity index (χ4n) is 2.01. The Balaban J connectivity index is 2.40. The highest BCUT2D eigenvalue weighted by Crippen LogP contribution is 2.32. The van der Waals surface area contributed by atoms with Gasteiger partial charge >= 0.3 is 11.7 Å². The van der Waals surface area contributed by atoms with Crippen LogP contribution in [0.5, 0.6) is 0 Å². The molecule has 19 heavy (non-hydrogen) atoms. The number of nitrogens with zero attached hydrogens (tertiary/aromatic N) is 3. The molecule has 2 rings (SSSR count). The van der Waals surface area contributed by atoms with Gasteiger partial charge in [-0.05, 0) is 25.3 Å². The van der Waals surface area contributed by atoms with E-state index < -0.39 is 10.9 Å². The van der Waals surface area contributed by atoms with Crippen LogP contribution in [-0.4, -0.2) is 36.1 Å². The molecule has 7 heteroatoms. The first-order valence-corrected chi connectivity index (χ1v) is 6.01. The Morgan fingerprint density at radius 2 is 2.21 bits per heavy atom. The maximum Gasteiger partial charge on any atom is 0.356 e. The zero-order valence-corrected chi connectivity index (χ0v) is 10.8. The lowest BCUT2D eigenvalue weighted by molar-refractivity contribution is -0.384. The van der Waals surface area contributed by atoms with Gasteiger partial charge in [-0.25, -0.2) is 9.78 Å². The van der Waals surface area contributed by atoms with Crippen molar-refractivity contribution in [1.82, 2.24) is 4.98 Å². The van der Waals surface area contributed by atoms with Crippen LogP contribution in [0.1, 0.15) is 29.8 Å². The minimum absolute atomic E-state index is 0.0780. The second kappa shape index (κ2) is 5.21. The number of rotatable bonds is 4. The summed E-state index contributed by atoms with van der Waals surface area (Å²) in [6.45, 7) is 0. The molecule has 1 aliphatic carbocycles. The van der Waals surface area contributed by atoms with E-state index in [1.807, 2.05) is 0 Å². The lowest BCUT2D eigenvalue weighted by atomic mass is 9.92. The summed E-state index contributed by atoms with van der Waals surface area (Å²) in [5.74, 6) is -0.379. The molecule has 0 N–H and O–H groups in total. The molecule has 0 spiro atoms. The molecule has 102 valence electrons. The van der Waals surface area contributed by atoms with Crippen molar-refractivity contribution in [3.05, 3.63) is 27.9 Å². The monoisotopic (exact) mass is 265 g/mol. The smallest absolute Gasteiger partial charge is 0.356 e. The molecule has 0 amide bonds. The van der Waals surface area contributed by atoms with Gasteiger partial charge < -0.3 is 9.64 Å². The topological polar surface area (TPSA) is 85.6 Å². The molecule has 0 aliphatic heterocycles. The predicted molar refractivity (Wildman–Crippen MR) is 68.3 cm³/mol. The van der Waals surface area contributed by atoms with E-state index in [1.165, 1.54) is 19.2 Å². The molecule has 1 aromatic heterocycles. The first kappa shape index (κ1) is 13.3. The Morgan fingerprint density at radius 3 is 2.68 bits per heavy atom. The highest BCUT2D eigenvalue weighted by atomic mass is 16.6. The molecule has 0 saturated heterocycles. The summed E-state index contributed by atoms with van der Waals surface area (Å²) in [6.07, 6.45) is 3.08. The summed E-state index contributed by atoms with van der Waals surface area (Å²) in [5.41, 5.74) is -0.0173. The fourth-order valence-corrected chi connectivity index (χ4v) is 2.01. The Hall–Kier alpha value is -2.18. The van der Waals surface area contributed by atoms with Crippen LogP contribution in [0, 0.1) is 10.1 Å². The third-order valence-corrected chi connectivity index (χ3v) is 3.40. The molecule has 7 nitrogen and oxygen atoms in total. The number of ether oxygens (including phenoxy) is 1. The highest BCUT2D eigenvalue weighted by Gasteiger charge is 2.29. The van der Waals surface area contributed by atoms with Gasteiger partial charge in [0.1, 0.15) is 0 Å². The summed E-state index contributed by atoms with van der Waals surface area (Å²) in [7, 11) is 3.01. The number of carbonyl (C=O) groups is 1. The zero-order chi connectivity index (χ0) is 14.0. The maximum atomic E-state index is 11.4. The second-order valence-electron chi connectivity index (χ2n) is 4.48. The van der Waals surface area contributed by atoms with E-state index in [-0.39, 0.29) is 23.2 Å². The number of carbonyl (C=O) groups excluding carboxylic acids is 1. The van der Waals surface area contributed by atoms with Gasteiger partial charge in [-0.1, -0.05) is 0 Å². The Kier molecular flexibility index (Phi) is 3.64. The molecule has 0 aromatic carbocycles. The van der Waals surface area contributed by atoms with E-state index in [1.54, 1.807) is 11.9 Å². The van der Waals surface area contributed by atoms with Crippen LogP contribution in [-0.2, 0) is 4.74 Å². The van der Waals surface area contributed by atoms with Crippen LogP contribution < -0.4 is 4.90 Å². The van der Waals surface area contributed by atoms with Gasteiger partial charge in [0.25, 0.3) is 0 Å². The number of hydrogen-bond acceptors (Lipinski definition) is 6. The van der Waals surface area contributed by atoms with Crippen LogP contribution in [0.4, 0.5) is 11.5 Å². The zero-order valence-electron chi connectivity index (χ0n) is 10.8. The Bertz CT molecular complexity index is 514. The van der Waals surface area contributed by atoms with E-state index in [0.717, 1.165) is 19.3 Å². The third-order valence-electron chi connectivity index (χ3n) is 3.40. The van der Waals surface area contributed by atoms with Gasteiger partial charge in [0.2, 0.25) is 5.82 Å². The minimum atomic E-state index is -0.599. The van der Waals surface area contributed by atoms with E-state index in [0.29, 0.717) is 0 Å². The first-order chi connectivity index (χ1) is 9.04. The quantitative estimate of drug-likeness (QED) is 0.468. The molecule has 1 saturated carbocycles. The van der Waals surface area contributed by atoms with E-state index in [2.05, 4.69) is 9.72 Å². The minimum Gasteiger partial charge on any atom is -0.464 e. The third kappa shape index (κ3) is 2.49. The van der Waals surface area contributed by atoms with Crippen LogP contribution in [0.2, 0.25) is 0 Å². The summed E-state index contributed by atoms with van der Waals surface area (Å²) < 4.78 is 4.58. The predicted octanol–water partition coefficient (Wildman–Crippen LogP) is 1.77. The average molecular weight is 265 g/mol. The van der Waals surface area contributed by atoms with Gasteiger partial charge in [-0.2, -0.15) is 0 Å². The largest absolute Gasteiger partial charge is 0.464 e. The number of esters is 1. The Labute approximate surface area is 110 Å². The number of nitro groups is 1. The molecular weight excluding hydrogens is 250 g/mol. The van der Waals surface area contributed by atoms with Crippen molar-refractivity contribution in [2.24, 2.45) is 0 Å². The van der Waals surface area contributed by atoms with Crippen LogP contribution in [0.3, 0.4) is 0 Å². The number of aromatic nitrogens is 1. The van der Waals surface area contributed by atoms with Crippen molar-refractivity contribution in [1.29, 1.82) is 0 Å². The van der Waals surface area contributed by atoms with Gasteiger partial charge in [-0.15, -0.1) is 0 Å². The van der Waals surface area contributed by atoms with Crippen LogP contribution in [0.15, 0.2) is 12.1 Å². The molecule has 0 atom stereocenters. The van der Waals surface area contributed by atoms with Gasteiger partial charge in [-0.3, -0.25) is 10.1 Å². The number of methoxy groups -OCH3 is 1. The first-order valence-electron chi connectivity index (χ1n) is 6.01. The molecular formula is C12H15N3O4.